The molecular formula is C18H25N5. The van der Waals surface area contributed by atoms with Crippen molar-refractivity contribution in [3.8, 4) is 0 Å². The van der Waals surface area contributed by atoms with Gasteiger partial charge in [0.15, 0.2) is 0 Å². The number of nitrogens with two attached hydrogens (primary N) is 1. The minimum atomic E-state index is 0.417. The molecule has 2 N–H and O–H groups in total. The fourth-order valence-corrected chi connectivity index (χ4v) is 3.14. The molecule has 5 nitrogen and oxygen atoms in total. The van der Waals surface area contributed by atoms with Crippen molar-refractivity contribution in [1.29, 1.82) is 0 Å². The molecule has 3 rings (SSSR count). The SMILES string of the molecule is Cc1cn(N=Cc2ccccc2CN2CCCCC2C)c(N)n1. The van der Waals surface area contributed by atoms with Crippen LogP contribution in [0.15, 0.2) is 35.6 Å². The van der Waals surface area contributed by atoms with Gasteiger partial charge in [-0.15, -0.1) is 0 Å². The first-order valence-corrected chi connectivity index (χ1v) is 8.31. The highest BCUT2D eigenvalue weighted by atomic mass is 15.4. The average molecular weight is 311 g/mol. The minimum Gasteiger partial charge on any atom is -0.368 e. The van der Waals surface area contributed by atoms with E-state index < -0.39 is 0 Å². The van der Waals surface area contributed by atoms with E-state index in [0.29, 0.717) is 12.0 Å². The van der Waals surface area contributed by atoms with E-state index in [1.165, 1.54) is 31.4 Å². The molecule has 1 fully saturated rings. The van der Waals surface area contributed by atoms with Crippen LogP contribution in [0.4, 0.5) is 5.95 Å². The Morgan fingerprint density at radius 1 is 1.35 bits per heavy atom. The number of piperidine rings is 1. The minimum absolute atomic E-state index is 0.417. The number of aryl methyl sites for hydroxylation is 1. The molecule has 1 aromatic carbocycles. The highest BCUT2D eigenvalue weighted by Gasteiger charge is 2.18. The summed E-state index contributed by atoms with van der Waals surface area (Å²) >= 11 is 0. The topological polar surface area (TPSA) is 59.4 Å². The molecule has 0 radical (unpaired) electrons. The van der Waals surface area contributed by atoms with E-state index >= 15 is 0 Å². The van der Waals surface area contributed by atoms with Gasteiger partial charge in [0.05, 0.1) is 18.1 Å². The van der Waals surface area contributed by atoms with Crippen molar-refractivity contribution in [1.82, 2.24) is 14.6 Å². The summed E-state index contributed by atoms with van der Waals surface area (Å²) in [5, 5.41) is 4.46. The first-order chi connectivity index (χ1) is 11.1. The van der Waals surface area contributed by atoms with Gasteiger partial charge < -0.3 is 5.73 Å². The average Bonchev–Trinajstić information content (AvgIpc) is 2.86. The molecule has 1 aliphatic rings. The van der Waals surface area contributed by atoms with Crippen LogP contribution in [0.25, 0.3) is 0 Å². The number of nitrogens with zero attached hydrogens (tertiary/aromatic N) is 4. The molecule has 1 unspecified atom stereocenters. The van der Waals surface area contributed by atoms with E-state index in [0.717, 1.165) is 17.8 Å². The third-order valence-corrected chi connectivity index (χ3v) is 4.53. The molecule has 5 heteroatoms. The molecule has 0 bridgehead atoms. The van der Waals surface area contributed by atoms with Gasteiger partial charge in [-0.2, -0.15) is 5.10 Å². The van der Waals surface area contributed by atoms with E-state index in [9.17, 15) is 0 Å². The molecule has 23 heavy (non-hydrogen) atoms. The van der Waals surface area contributed by atoms with Gasteiger partial charge in [0.25, 0.3) is 0 Å². The Balaban J connectivity index is 1.79. The molecule has 1 saturated heterocycles. The summed E-state index contributed by atoms with van der Waals surface area (Å²) in [5.41, 5.74) is 9.15. The van der Waals surface area contributed by atoms with Gasteiger partial charge in [0, 0.05) is 12.6 Å². The third-order valence-electron chi connectivity index (χ3n) is 4.53. The summed E-state index contributed by atoms with van der Waals surface area (Å²) in [6.45, 7) is 6.39. The molecule has 1 atom stereocenters. The summed E-state index contributed by atoms with van der Waals surface area (Å²) in [4.78, 5) is 6.73. The van der Waals surface area contributed by atoms with Crippen molar-refractivity contribution in [2.45, 2.75) is 45.7 Å². The van der Waals surface area contributed by atoms with E-state index in [1.54, 1.807) is 4.68 Å². The number of benzene rings is 1. The zero-order chi connectivity index (χ0) is 16.2. The van der Waals surface area contributed by atoms with Crippen molar-refractivity contribution in [2.75, 3.05) is 12.3 Å². The Hall–Kier alpha value is -2.14. The lowest BCUT2D eigenvalue weighted by Crippen LogP contribution is -2.36. The molecular weight excluding hydrogens is 286 g/mol. The molecule has 0 amide bonds. The maximum Gasteiger partial charge on any atom is 0.221 e. The second-order valence-corrected chi connectivity index (χ2v) is 6.34. The standard InChI is InChI=1S/C18H25N5/c1-14-12-23(18(19)21-14)20-11-16-8-3-4-9-17(16)13-22-10-6-5-7-15(22)2/h3-4,8-9,11-12,15H,5-7,10,13H2,1-2H3,(H2,19,21). The Morgan fingerprint density at radius 2 is 2.17 bits per heavy atom. The maximum atomic E-state index is 5.84. The quantitative estimate of drug-likeness (QED) is 0.883. The van der Waals surface area contributed by atoms with Gasteiger partial charge in [-0.3, -0.25) is 4.90 Å². The number of imidazole rings is 1. The maximum absolute atomic E-state index is 5.84. The van der Waals surface area contributed by atoms with Crippen LogP contribution in [0.2, 0.25) is 0 Å². The molecule has 2 aromatic rings. The zero-order valence-electron chi connectivity index (χ0n) is 13.9. The highest BCUT2D eigenvalue weighted by molar-refractivity contribution is 5.81. The highest BCUT2D eigenvalue weighted by Crippen LogP contribution is 2.20. The van der Waals surface area contributed by atoms with Crippen LogP contribution in [0.5, 0.6) is 0 Å². The molecule has 1 aromatic heterocycles. The smallest absolute Gasteiger partial charge is 0.221 e. The van der Waals surface area contributed by atoms with E-state index in [1.807, 2.05) is 25.4 Å². The van der Waals surface area contributed by atoms with Gasteiger partial charge in [-0.05, 0) is 44.4 Å². The lowest BCUT2D eigenvalue weighted by atomic mass is 10.0. The number of aromatic nitrogens is 2. The first kappa shape index (κ1) is 15.7. The zero-order valence-corrected chi connectivity index (χ0v) is 13.9. The number of nitrogen functional groups attached to an aromatic ring is 1. The van der Waals surface area contributed by atoms with Crippen LogP contribution in [0, 0.1) is 6.92 Å². The largest absolute Gasteiger partial charge is 0.368 e. The summed E-state index contributed by atoms with van der Waals surface area (Å²) < 4.78 is 1.62. The van der Waals surface area contributed by atoms with Crippen molar-refractivity contribution < 1.29 is 0 Å². The van der Waals surface area contributed by atoms with Crippen molar-refractivity contribution in [3.63, 3.8) is 0 Å². The fourth-order valence-electron chi connectivity index (χ4n) is 3.14. The van der Waals surface area contributed by atoms with Crippen molar-refractivity contribution in [3.05, 3.63) is 47.3 Å². The van der Waals surface area contributed by atoms with Gasteiger partial charge in [-0.25, -0.2) is 9.66 Å². The predicted octanol–water partition coefficient (Wildman–Crippen LogP) is 3.03. The predicted molar refractivity (Wildman–Crippen MR) is 94.5 cm³/mol. The molecule has 0 aliphatic carbocycles. The Bertz CT molecular complexity index is 688. The summed E-state index contributed by atoms with van der Waals surface area (Å²) in [6.07, 6.45) is 7.65. The van der Waals surface area contributed by atoms with E-state index in [2.05, 4.69) is 40.1 Å². The van der Waals surface area contributed by atoms with Gasteiger partial charge in [0.2, 0.25) is 5.95 Å². The van der Waals surface area contributed by atoms with Gasteiger partial charge >= 0.3 is 0 Å². The molecule has 1 aliphatic heterocycles. The van der Waals surface area contributed by atoms with Crippen LogP contribution in [0.3, 0.4) is 0 Å². The third kappa shape index (κ3) is 3.79. The number of likely N-dealkylation sites (tertiary alicyclic amines) is 1. The normalized spacial score (nSPS) is 19.5. The summed E-state index contributed by atoms with van der Waals surface area (Å²) in [6, 6.07) is 9.09. The Morgan fingerprint density at radius 3 is 2.91 bits per heavy atom. The second kappa shape index (κ2) is 6.96. The van der Waals surface area contributed by atoms with Crippen LogP contribution >= 0.6 is 0 Å². The van der Waals surface area contributed by atoms with Crippen LogP contribution < -0.4 is 5.73 Å². The lowest BCUT2D eigenvalue weighted by molar-refractivity contribution is 0.152. The number of hydrogen-bond acceptors (Lipinski definition) is 4. The number of anilines is 1. The Kier molecular flexibility index (Phi) is 4.76. The summed E-state index contributed by atoms with van der Waals surface area (Å²) in [5.74, 6) is 0.417. The molecule has 0 saturated carbocycles. The van der Waals surface area contributed by atoms with Crippen LogP contribution in [0.1, 0.15) is 43.0 Å². The van der Waals surface area contributed by atoms with E-state index in [-0.39, 0.29) is 0 Å². The van der Waals surface area contributed by atoms with Crippen molar-refractivity contribution in [2.24, 2.45) is 5.10 Å². The first-order valence-electron chi connectivity index (χ1n) is 8.31. The molecule has 2 heterocycles. The van der Waals surface area contributed by atoms with Crippen LogP contribution in [-0.2, 0) is 6.54 Å². The summed E-state index contributed by atoms with van der Waals surface area (Å²) in [7, 11) is 0. The van der Waals surface area contributed by atoms with Gasteiger partial charge in [0.1, 0.15) is 0 Å². The Labute approximate surface area is 137 Å². The number of hydrogen-bond donors (Lipinski definition) is 1. The molecule has 122 valence electrons. The lowest BCUT2D eigenvalue weighted by Gasteiger charge is -2.33. The monoisotopic (exact) mass is 311 g/mol. The fraction of sp³-hybridized carbons (Fsp3) is 0.444. The van der Waals surface area contributed by atoms with E-state index in [4.69, 9.17) is 5.73 Å². The molecule has 0 spiro atoms. The van der Waals surface area contributed by atoms with Gasteiger partial charge in [-0.1, -0.05) is 30.7 Å². The van der Waals surface area contributed by atoms with Crippen LogP contribution in [-0.4, -0.2) is 33.4 Å². The number of rotatable bonds is 4. The van der Waals surface area contributed by atoms with Crippen molar-refractivity contribution >= 4 is 12.2 Å². The second-order valence-electron chi connectivity index (χ2n) is 6.34.